The number of hydrogen-bond acceptors (Lipinski definition) is 1. The minimum absolute atomic E-state index is 0.305. The van der Waals surface area contributed by atoms with E-state index in [1.807, 2.05) is 23.1 Å². The molecule has 104 valence electrons. The molecule has 0 radical (unpaired) electrons. The summed E-state index contributed by atoms with van der Waals surface area (Å²) in [6.45, 7) is 6.14. The Kier molecular flexibility index (Phi) is 5.03. The zero-order valence-corrected chi connectivity index (χ0v) is 13.3. The Hall–Kier alpha value is -0.830. The number of halogens is 1. The van der Waals surface area contributed by atoms with Gasteiger partial charge in [-0.05, 0) is 36.3 Å². The van der Waals surface area contributed by atoms with Crippen molar-refractivity contribution in [3.05, 3.63) is 34.3 Å². The molecular weight excluding hydrogens is 302 g/mol. The first kappa shape index (κ1) is 14.6. The molecule has 1 aromatic rings. The maximum atomic E-state index is 12.2. The predicted molar refractivity (Wildman–Crippen MR) is 81.7 cm³/mol. The van der Waals surface area contributed by atoms with E-state index in [0.717, 1.165) is 30.4 Å². The van der Waals surface area contributed by atoms with E-state index in [1.165, 1.54) is 5.56 Å². The molecule has 1 unspecified atom stereocenters. The Morgan fingerprint density at radius 1 is 1.32 bits per heavy atom. The van der Waals surface area contributed by atoms with Crippen LogP contribution in [-0.2, 0) is 11.3 Å². The van der Waals surface area contributed by atoms with Crippen molar-refractivity contribution in [1.82, 2.24) is 4.90 Å². The van der Waals surface area contributed by atoms with Gasteiger partial charge in [-0.1, -0.05) is 48.0 Å². The lowest BCUT2D eigenvalue weighted by Gasteiger charge is -2.22. The Morgan fingerprint density at radius 3 is 2.74 bits per heavy atom. The largest absolute Gasteiger partial charge is 0.338 e. The molecule has 1 fully saturated rings. The summed E-state index contributed by atoms with van der Waals surface area (Å²) < 4.78 is 1.09. The van der Waals surface area contributed by atoms with Gasteiger partial charge < -0.3 is 4.90 Å². The maximum absolute atomic E-state index is 12.2. The molecule has 1 amide bonds. The van der Waals surface area contributed by atoms with Crippen LogP contribution in [0.5, 0.6) is 0 Å². The van der Waals surface area contributed by atoms with Crippen molar-refractivity contribution in [3.8, 4) is 0 Å². The molecule has 1 aliphatic heterocycles. The monoisotopic (exact) mass is 323 g/mol. The van der Waals surface area contributed by atoms with Crippen LogP contribution in [0.15, 0.2) is 28.7 Å². The van der Waals surface area contributed by atoms with Gasteiger partial charge in [0.15, 0.2) is 0 Å². The molecule has 0 N–H and O–H groups in total. The van der Waals surface area contributed by atoms with E-state index in [4.69, 9.17) is 0 Å². The van der Waals surface area contributed by atoms with E-state index in [2.05, 4.69) is 35.8 Å². The SMILES string of the molecule is CC(C)C1CCC(=O)N(Cc2ccccc2Br)CC1. The van der Waals surface area contributed by atoms with Gasteiger partial charge in [0.2, 0.25) is 5.91 Å². The molecule has 0 aliphatic carbocycles. The van der Waals surface area contributed by atoms with Gasteiger partial charge in [-0.25, -0.2) is 0 Å². The summed E-state index contributed by atoms with van der Waals surface area (Å²) in [5, 5.41) is 0. The van der Waals surface area contributed by atoms with Crippen LogP contribution in [0.25, 0.3) is 0 Å². The second kappa shape index (κ2) is 6.56. The van der Waals surface area contributed by atoms with Crippen LogP contribution in [0.1, 0.15) is 38.7 Å². The Labute approximate surface area is 124 Å². The molecule has 19 heavy (non-hydrogen) atoms. The van der Waals surface area contributed by atoms with Gasteiger partial charge in [0.1, 0.15) is 0 Å². The predicted octanol–water partition coefficient (Wildman–Crippen LogP) is 4.23. The quantitative estimate of drug-likeness (QED) is 0.815. The van der Waals surface area contributed by atoms with Crippen molar-refractivity contribution in [2.75, 3.05) is 6.54 Å². The van der Waals surface area contributed by atoms with E-state index in [0.29, 0.717) is 24.2 Å². The molecule has 2 rings (SSSR count). The second-order valence-corrected chi connectivity index (χ2v) is 6.59. The van der Waals surface area contributed by atoms with E-state index < -0.39 is 0 Å². The molecule has 1 aliphatic rings. The lowest BCUT2D eigenvalue weighted by atomic mass is 9.89. The van der Waals surface area contributed by atoms with E-state index >= 15 is 0 Å². The van der Waals surface area contributed by atoms with Crippen molar-refractivity contribution >= 4 is 21.8 Å². The maximum Gasteiger partial charge on any atom is 0.222 e. The zero-order valence-electron chi connectivity index (χ0n) is 11.7. The molecule has 0 aromatic heterocycles. The third kappa shape index (κ3) is 3.82. The van der Waals surface area contributed by atoms with Gasteiger partial charge in [0, 0.05) is 24.0 Å². The van der Waals surface area contributed by atoms with E-state index in [9.17, 15) is 4.79 Å². The first-order valence-corrected chi connectivity index (χ1v) is 7.88. The lowest BCUT2D eigenvalue weighted by Crippen LogP contribution is -2.30. The summed E-state index contributed by atoms with van der Waals surface area (Å²) >= 11 is 3.56. The van der Waals surface area contributed by atoms with Crippen LogP contribution in [-0.4, -0.2) is 17.4 Å². The molecule has 1 saturated heterocycles. The Morgan fingerprint density at radius 2 is 2.05 bits per heavy atom. The number of rotatable bonds is 3. The van der Waals surface area contributed by atoms with Crippen molar-refractivity contribution in [1.29, 1.82) is 0 Å². The molecular formula is C16H22BrNO. The summed E-state index contributed by atoms with van der Waals surface area (Å²) in [5.41, 5.74) is 1.19. The summed E-state index contributed by atoms with van der Waals surface area (Å²) in [4.78, 5) is 14.2. The van der Waals surface area contributed by atoms with Gasteiger partial charge in [-0.2, -0.15) is 0 Å². The molecule has 1 aromatic carbocycles. The molecule has 1 heterocycles. The molecule has 0 spiro atoms. The average molecular weight is 324 g/mol. The number of amides is 1. The lowest BCUT2D eigenvalue weighted by molar-refractivity contribution is -0.131. The number of nitrogens with zero attached hydrogens (tertiary/aromatic N) is 1. The van der Waals surface area contributed by atoms with Gasteiger partial charge in [-0.15, -0.1) is 0 Å². The van der Waals surface area contributed by atoms with Gasteiger partial charge in [0.25, 0.3) is 0 Å². The number of carbonyl (C=O) groups excluding carboxylic acids is 1. The number of hydrogen-bond donors (Lipinski definition) is 0. The van der Waals surface area contributed by atoms with Crippen LogP contribution in [0.4, 0.5) is 0 Å². The second-order valence-electron chi connectivity index (χ2n) is 5.74. The van der Waals surface area contributed by atoms with Gasteiger partial charge in [0.05, 0.1) is 0 Å². The van der Waals surface area contributed by atoms with E-state index in [-0.39, 0.29) is 0 Å². The number of carbonyl (C=O) groups is 1. The number of benzene rings is 1. The van der Waals surface area contributed by atoms with Crippen molar-refractivity contribution in [2.45, 2.75) is 39.7 Å². The van der Waals surface area contributed by atoms with Crippen molar-refractivity contribution in [2.24, 2.45) is 11.8 Å². The summed E-state index contributed by atoms with van der Waals surface area (Å²) in [6, 6.07) is 8.16. The van der Waals surface area contributed by atoms with Gasteiger partial charge in [-0.3, -0.25) is 4.79 Å². The highest BCUT2D eigenvalue weighted by Gasteiger charge is 2.24. The highest BCUT2D eigenvalue weighted by molar-refractivity contribution is 9.10. The minimum Gasteiger partial charge on any atom is -0.338 e. The smallest absolute Gasteiger partial charge is 0.222 e. The van der Waals surface area contributed by atoms with Gasteiger partial charge >= 0.3 is 0 Å². The summed E-state index contributed by atoms with van der Waals surface area (Å²) in [6.07, 6.45) is 2.88. The molecule has 3 heteroatoms. The van der Waals surface area contributed by atoms with Crippen LogP contribution in [0.2, 0.25) is 0 Å². The van der Waals surface area contributed by atoms with Crippen LogP contribution < -0.4 is 0 Å². The van der Waals surface area contributed by atoms with Crippen LogP contribution >= 0.6 is 15.9 Å². The molecule has 0 bridgehead atoms. The highest BCUT2D eigenvalue weighted by atomic mass is 79.9. The average Bonchev–Trinajstić information content (AvgIpc) is 2.55. The topological polar surface area (TPSA) is 20.3 Å². The first-order chi connectivity index (χ1) is 9.08. The standard InChI is InChI=1S/C16H22BrNO/c1-12(2)13-7-8-16(19)18(10-9-13)11-14-5-3-4-6-15(14)17/h3-6,12-13H,7-11H2,1-2H3. The van der Waals surface area contributed by atoms with Crippen molar-refractivity contribution in [3.63, 3.8) is 0 Å². The summed E-state index contributed by atoms with van der Waals surface area (Å²) in [7, 11) is 0. The minimum atomic E-state index is 0.305. The fourth-order valence-corrected chi connectivity index (χ4v) is 3.13. The summed E-state index contributed by atoms with van der Waals surface area (Å²) in [5.74, 6) is 1.67. The van der Waals surface area contributed by atoms with Crippen LogP contribution in [0, 0.1) is 11.8 Å². The Balaban J connectivity index is 2.04. The molecule has 2 nitrogen and oxygen atoms in total. The number of likely N-dealkylation sites (tertiary alicyclic amines) is 1. The first-order valence-electron chi connectivity index (χ1n) is 7.09. The third-order valence-electron chi connectivity index (χ3n) is 4.11. The van der Waals surface area contributed by atoms with E-state index in [1.54, 1.807) is 0 Å². The molecule has 1 atom stereocenters. The normalized spacial score (nSPS) is 20.7. The fourth-order valence-electron chi connectivity index (χ4n) is 2.72. The Bertz CT molecular complexity index is 444. The highest BCUT2D eigenvalue weighted by Crippen LogP contribution is 2.27. The van der Waals surface area contributed by atoms with Crippen LogP contribution in [0.3, 0.4) is 0 Å². The fraction of sp³-hybridized carbons (Fsp3) is 0.562. The zero-order chi connectivity index (χ0) is 13.8. The third-order valence-corrected chi connectivity index (χ3v) is 4.89. The van der Waals surface area contributed by atoms with Crippen molar-refractivity contribution < 1.29 is 4.79 Å². The molecule has 0 saturated carbocycles.